The smallest absolute Gasteiger partial charge is 0.221 e. The van der Waals surface area contributed by atoms with Gasteiger partial charge in [0.2, 0.25) is 5.95 Å². The highest BCUT2D eigenvalue weighted by Crippen LogP contribution is 2.32. The maximum Gasteiger partial charge on any atom is 0.221 e. The van der Waals surface area contributed by atoms with Gasteiger partial charge < -0.3 is 5.73 Å². The van der Waals surface area contributed by atoms with Crippen LogP contribution in [-0.4, -0.2) is 15.7 Å². The first-order chi connectivity index (χ1) is 7.25. The highest BCUT2D eigenvalue weighted by Gasteiger charge is 2.16. The van der Waals surface area contributed by atoms with Gasteiger partial charge in [0.15, 0.2) is 0 Å². The molecule has 1 aromatic heterocycles. The lowest BCUT2D eigenvalue weighted by atomic mass is 10.1. The summed E-state index contributed by atoms with van der Waals surface area (Å²) >= 11 is 5.22. The summed E-state index contributed by atoms with van der Waals surface area (Å²) in [7, 11) is 0. The zero-order valence-electron chi connectivity index (χ0n) is 8.45. The van der Waals surface area contributed by atoms with Crippen LogP contribution < -0.4 is 5.73 Å². The van der Waals surface area contributed by atoms with E-state index in [-0.39, 0.29) is 0 Å². The number of rotatable bonds is 3. The molecule has 0 atom stereocenters. The summed E-state index contributed by atoms with van der Waals surface area (Å²) < 4.78 is 0.944. The van der Waals surface area contributed by atoms with E-state index in [1.54, 1.807) is 18.0 Å². The van der Waals surface area contributed by atoms with E-state index >= 15 is 0 Å². The molecule has 5 heteroatoms. The van der Waals surface area contributed by atoms with Gasteiger partial charge in [-0.3, -0.25) is 0 Å². The fraction of sp³-hybridized carbons (Fsp3) is 0.600. The van der Waals surface area contributed by atoms with Crippen molar-refractivity contribution >= 4 is 33.6 Å². The molecule has 0 bridgehead atoms. The molecular formula is C10H14BrN3S. The van der Waals surface area contributed by atoms with Gasteiger partial charge in [-0.15, -0.1) is 11.8 Å². The van der Waals surface area contributed by atoms with Crippen molar-refractivity contribution in [3.8, 4) is 0 Å². The van der Waals surface area contributed by atoms with Crippen LogP contribution >= 0.6 is 27.7 Å². The molecule has 1 heterocycles. The Hall–Kier alpha value is -0.290. The lowest BCUT2D eigenvalue weighted by Gasteiger charge is -2.08. The summed E-state index contributed by atoms with van der Waals surface area (Å²) in [4.78, 5) is 8.14. The molecule has 0 unspecified atom stereocenters. The average Bonchev–Trinajstić information content (AvgIpc) is 2.72. The van der Waals surface area contributed by atoms with Crippen molar-refractivity contribution in [2.24, 2.45) is 5.92 Å². The second-order valence-electron chi connectivity index (χ2n) is 3.84. The van der Waals surface area contributed by atoms with Crippen molar-refractivity contribution in [1.82, 2.24) is 9.97 Å². The number of nitrogens with two attached hydrogens (primary N) is 1. The third kappa shape index (κ3) is 3.08. The summed E-state index contributed by atoms with van der Waals surface area (Å²) in [5, 5.41) is 0.967. The van der Waals surface area contributed by atoms with Crippen molar-refractivity contribution in [3.05, 3.63) is 10.7 Å². The van der Waals surface area contributed by atoms with Crippen LogP contribution in [0.2, 0.25) is 0 Å². The van der Waals surface area contributed by atoms with Crippen LogP contribution in [0, 0.1) is 5.92 Å². The molecule has 0 amide bonds. The van der Waals surface area contributed by atoms with Crippen LogP contribution in [-0.2, 0) is 0 Å². The lowest BCUT2D eigenvalue weighted by Crippen LogP contribution is -2.00. The van der Waals surface area contributed by atoms with E-state index in [0.29, 0.717) is 5.95 Å². The van der Waals surface area contributed by atoms with Crippen molar-refractivity contribution in [3.63, 3.8) is 0 Å². The molecule has 1 aliphatic carbocycles. The monoisotopic (exact) mass is 287 g/mol. The Morgan fingerprint density at radius 3 is 2.93 bits per heavy atom. The summed E-state index contributed by atoms with van der Waals surface area (Å²) in [6.45, 7) is 0. The van der Waals surface area contributed by atoms with Gasteiger partial charge in [-0.25, -0.2) is 9.97 Å². The van der Waals surface area contributed by atoms with E-state index in [4.69, 9.17) is 5.73 Å². The number of halogens is 1. The SMILES string of the molecule is Nc1ncc(Br)c(SCC2CCCC2)n1. The van der Waals surface area contributed by atoms with Gasteiger partial charge in [-0.1, -0.05) is 12.8 Å². The van der Waals surface area contributed by atoms with Crippen LogP contribution in [0.5, 0.6) is 0 Å². The molecule has 15 heavy (non-hydrogen) atoms. The van der Waals surface area contributed by atoms with E-state index in [9.17, 15) is 0 Å². The average molecular weight is 288 g/mol. The molecule has 2 N–H and O–H groups in total. The van der Waals surface area contributed by atoms with Gasteiger partial charge in [0, 0.05) is 11.9 Å². The quantitative estimate of drug-likeness (QED) is 0.686. The van der Waals surface area contributed by atoms with Crippen LogP contribution in [0.4, 0.5) is 5.95 Å². The third-order valence-corrected chi connectivity index (χ3v) is 4.73. The zero-order chi connectivity index (χ0) is 10.7. The summed E-state index contributed by atoms with van der Waals surface area (Å²) in [5.74, 6) is 2.36. The Kier molecular flexibility index (Phi) is 3.86. The number of thioether (sulfide) groups is 1. The molecule has 0 saturated heterocycles. The first-order valence-electron chi connectivity index (χ1n) is 5.16. The standard InChI is InChI=1S/C10H14BrN3S/c11-8-5-13-10(12)14-9(8)15-6-7-3-1-2-4-7/h5,7H,1-4,6H2,(H2,12,13,14). The maximum atomic E-state index is 5.55. The molecule has 0 aliphatic heterocycles. The summed E-state index contributed by atoms with van der Waals surface area (Å²) in [6, 6.07) is 0. The van der Waals surface area contributed by atoms with Gasteiger partial charge >= 0.3 is 0 Å². The molecule has 0 spiro atoms. The molecular weight excluding hydrogens is 274 g/mol. The van der Waals surface area contributed by atoms with E-state index in [1.165, 1.54) is 25.7 Å². The molecule has 82 valence electrons. The van der Waals surface area contributed by atoms with E-state index in [2.05, 4.69) is 25.9 Å². The molecule has 1 aliphatic rings. The van der Waals surface area contributed by atoms with Gasteiger partial charge in [0.25, 0.3) is 0 Å². The first kappa shape index (κ1) is 11.2. The normalized spacial score (nSPS) is 17.1. The fourth-order valence-electron chi connectivity index (χ4n) is 1.84. The molecule has 0 radical (unpaired) electrons. The van der Waals surface area contributed by atoms with Crippen LogP contribution in [0.3, 0.4) is 0 Å². The zero-order valence-corrected chi connectivity index (χ0v) is 10.9. The molecule has 1 aromatic rings. The van der Waals surface area contributed by atoms with Crippen LogP contribution in [0.1, 0.15) is 25.7 Å². The Labute approximate surface area is 102 Å². The van der Waals surface area contributed by atoms with Crippen LogP contribution in [0.25, 0.3) is 0 Å². The minimum absolute atomic E-state index is 0.354. The topological polar surface area (TPSA) is 51.8 Å². The van der Waals surface area contributed by atoms with Gasteiger partial charge in [0.1, 0.15) is 5.03 Å². The highest BCUT2D eigenvalue weighted by atomic mass is 79.9. The number of hydrogen-bond donors (Lipinski definition) is 1. The minimum atomic E-state index is 0.354. The number of nitrogen functional groups attached to an aromatic ring is 1. The lowest BCUT2D eigenvalue weighted by molar-refractivity contribution is 0.623. The predicted molar refractivity (Wildman–Crippen MR) is 66.8 cm³/mol. The highest BCUT2D eigenvalue weighted by molar-refractivity contribution is 9.10. The number of aromatic nitrogens is 2. The Bertz CT molecular complexity index is 339. The van der Waals surface area contributed by atoms with Crippen LogP contribution in [0.15, 0.2) is 15.7 Å². The van der Waals surface area contributed by atoms with Gasteiger partial charge in [-0.05, 0) is 34.7 Å². The van der Waals surface area contributed by atoms with E-state index < -0.39 is 0 Å². The van der Waals surface area contributed by atoms with Crippen molar-refractivity contribution in [2.75, 3.05) is 11.5 Å². The fourth-order valence-corrected chi connectivity index (χ4v) is 3.45. The van der Waals surface area contributed by atoms with Crippen molar-refractivity contribution in [1.29, 1.82) is 0 Å². The van der Waals surface area contributed by atoms with E-state index in [1.807, 2.05) is 0 Å². The predicted octanol–water partition coefficient (Wildman–Crippen LogP) is 3.10. The number of anilines is 1. The van der Waals surface area contributed by atoms with Gasteiger partial charge in [-0.2, -0.15) is 0 Å². The summed E-state index contributed by atoms with van der Waals surface area (Å²) in [6.07, 6.45) is 7.23. The second-order valence-corrected chi connectivity index (χ2v) is 5.71. The largest absolute Gasteiger partial charge is 0.368 e. The Balaban J connectivity index is 1.94. The second kappa shape index (κ2) is 5.16. The first-order valence-corrected chi connectivity index (χ1v) is 6.94. The van der Waals surface area contributed by atoms with Gasteiger partial charge in [0.05, 0.1) is 4.47 Å². The van der Waals surface area contributed by atoms with E-state index in [0.717, 1.165) is 21.2 Å². The molecule has 1 fully saturated rings. The number of nitrogens with zero attached hydrogens (tertiary/aromatic N) is 2. The minimum Gasteiger partial charge on any atom is -0.368 e. The maximum absolute atomic E-state index is 5.55. The third-order valence-electron chi connectivity index (χ3n) is 2.66. The molecule has 2 rings (SSSR count). The summed E-state index contributed by atoms with van der Waals surface area (Å²) in [5.41, 5.74) is 5.55. The Morgan fingerprint density at radius 2 is 2.20 bits per heavy atom. The molecule has 3 nitrogen and oxygen atoms in total. The molecule has 1 saturated carbocycles. The number of hydrogen-bond acceptors (Lipinski definition) is 4. The Morgan fingerprint density at radius 1 is 1.47 bits per heavy atom. The molecule has 0 aromatic carbocycles. The van der Waals surface area contributed by atoms with Crippen molar-refractivity contribution in [2.45, 2.75) is 30.7 Å². The van der Waals surface area contributed by atoms with Crippen molar-refractivity contribution < 1.29 is 0 Å².